The summed E-state index contributed by atoms with van der Waals surface area (Å²) >= 11 is 6.05. The van der Waals surface area contributed by atoms with Gasteiger partial charge in [-0.1, -0.05) is 17.7 Å². The van der Waals surface area contributed by atoms with Crippen molar-refractivity contribution >= 4 is 17.3 Å². The minimum atomic E-state index is 0.457. The van der Waals surface area contributed by atoms with Gasteiger partial charge in [0.2, 0.25) is 0 Å². The number of benzene rings is 1. The smallest absolute Gasteiger partial charge is 0.103 e. The van der Waals surface area contributed by atoms with Gasteiger partial charge >= 0.3 is 0 Å². The fraction of sp³-hybridized carbons (Fsp3) is 0.500. The Morgan fingerprint density at radius 1 is 1.33 bits per heavy atom. The predicted octanol–water partition coefficient (Wildman–Crippen LogP) is 2.72. The zero-order valence-corrected chi connectivity index (χ0v) is 11.0. The molecular formula is C14H16ClN3. The molecule has 3 heterocycles. The Kier molecular flexibility index (Phi) is 3.15. The van der Waals surface area contributed by atoms with E-state index >= 15 is 0 Å². The molecule has 1 aromatic carbocycles. The second-order valence-corrected chi connectivity index (χ2v) is 5.57. The standard InChI is InChI=1S/C14H16ClN3/c15-12-2-1-3-13(11(12)8-16)17-14-9-18-6-4-10(14)5-7-18/h1-3,10,14,17H,4-7,9H2. The Bertz CT molecular complexity index is 486. The Morgan fingerprint density at radius 3 is 2.72 bits per heavy atom. The quantitative estimate of drug-likeness (QED) is 0.890. The Hall–Kier alpha value is -1.24. The van der Waals surface area contributed by atoms with Crippen LogP contribution in [0.3, 0.4) is 0 Å². The Morgan fingerprint density at radius 2 is 2.11 bits per heavy atom. The van der Waals surface area contributed by atoms with Crippen LogP contribution in [0.25, 0.3) is 0 Å². The molecule has 0 spiro atoms. The number of halogens is 1. The summed E-state index contributed by atoms with van der Waals surface area (Å²) in [5.41, 5.74) is 1.44. The molecule has 1 aromatic rings. The van der Waals surface area contributed by atoms with Gasteiger partial charge in [-0.15, -0.1) is 0 Å². The number of rotatable bonds is 2. The summed E-state index contributed by atoms with van der Waals surface area (Å²) in [5, 5.41) is 13.2. The Labute approximate surface area is 112 Å². The van der Waals surface area contributed by atoms with Gasteiger partial charge < -0.3 is 10.2 Å². The lowest BCUT2D eigenvalue weighted by Gasteiger charge is -2.45. The number of nitrogens with zero attached hydrogens (tertiary/aromatic N) is 2. The van der Waals surface area contributed by atoms with Crippen molar-refractivity contribution in [2.45, 2.75) is 18.9 Å². The van der Waals surface area contributed by atoms with E-state index < -0.39 is 0 Å². The van der Waals surface area contributed by atoms with Crippen molar-refractivity contribution < 1.29 is 0 Å². The zero-order valence-electron chi connectivity index (χ0n) is 10.2. The third-order valence-electron chi connectivity index (χ3n) is 4.12. The maximum atomic E-state index is 9.18. The maximum Gasteiger partial charge on any atom is 0.103 e. The third-order valence-corrected chi connectivity index (χ3v) is 4.44. The third kappa shape index (κ3) is 2.07. The summed E-state index contributed by atoms with van der Waals surface area (Å²) in [6.45, 7) is 3.54. The first-order valence-electron chi connectivity index (χ1n) is 6.45. The molecule has 0 saturated carbocycles. The molecule has 3 saturated heterocycles. The van der Waals surface area contributed by atoms with Gasteiger partial charge in [0.1, 0.15) is 6.07 Å². The molecule has 1 atom stereocenters. The van der Waals surface area contributed by atoms with E-state index in [4.69, 9.17) is 11.6 Å². The second kappa shape index (κ2) is 4.79. The number of nitrogens with one attached hydrogen (secondary N) is 1. The molecule has 3 aliphatic rings. The van der Waals surface area contributed by atoms with Crippen molar-refractivity contribution in [2.75, 3.05) is 25.0 Å². The highest BCUT2D eigenvalue weighted by atomic mass is 35.5. The lowest BCUT2D eigenvalue weighted by molar-refractivity contribution is 0.0975. The average Bonchev–Trinajstić information content (AvgIpc) is 2.40. The van der Waals surface area contributed by atoms with Gasteiger partial charge in [0, 0.05) is 12.6 Å². The minimum Gasteiger partial charge on any atom is -0.380 e. The van der Waals surface area contributed by atoms with Crippen LogP contribution in [0.2, 0.25) is 5.02 Å². The summed E-state index contributed by atoms with van der Waals surface area (Å²) in [5.74, 6) is 0.737. The topological polar surface area (TPSA) is 39.1 Å². The van der Waals surface area contributed by atoms with Crippen molar-refractivity contribution in [3.05, 3.63) is 28.8 Å². The highest BCUT2D eigenvalue weighted by molar-refractivity contribution is 6.32. The molecule has 0 radical (unpaired) electrons. The zero-order chi connectivity index (χ0) is 12.5. The first-order chi connectivity index (χ1) is 8.78. The van der Waals surface area contributed by atoms with Crippen LogP contribution < -0.4 is 5.32 Å². The highest BCUT2D eigenvalue weighted by Crippen LogP contribution is 2.31. The van der Waals surface area contributed by atoms with E-state index in [2.05, 4.69) is 16.3 Å². The molecule has 3 nitrogen and oxygen atoms in total. The van der Waals surface area contributed by atoms with Crippen molar-refractivity contribution in [2.24, 2.45) is 5.92 Å². The molecule has 18 heavy (non-hydrogen) atoms. The van der Waals surface area contributed by atoms with Crippen LogP contribution in [0.15, 0.2) is 18.2 Å². The molecule has 0 amide bonds. The normalized spacial score (nSPS) is 29.9. The van der Waals surface area contributed by atoms with Crippen molar-refractivity contribution in [3.63, 3.8) is 0 Å². The van der Waals surface area contributed by atoms with E-state index in [0.717, 1.165) is 18.2 Å². The molecule has 94 valence electrons. The predicted molar refractivity (Wildman–Crippen MR) is 72.7 cm³/mol. The lowest BCUT2D eigenvalue weighted by Crippen LogP contribution is -2.53. The molecule has 4 heteroatoms. The molecule has 1 N–H and O–H groups in total. The number of anilines is 1. The monoisotopic (exact) mass is 261 g/mol. The molecule has 4 rings (SSSR count). The van der Waals surface area contributed by atoms with Crippen LogP contribution >= 0.6 is 11.6 Å². The molecule has 1 unspecified atom stereocenters. The van der Waals surface area contributed by atoms with Crippen molar-refractivity contribution in [3.8, 4) is 6.07 Å². The number of nitriles is 1. The molecule has 3 aliphatic heterocycles. The van der Waals surface area contributed by atoms with Crippen LogP contribution in [-0.2, 0) is 0 Å². The first-order valence-corrected chi connectivity index (χ1v) is 6.83. The minimum absolute atomic E-state index is 0.457. The first kappa shape index (κ1) is 11.8. The van der Waals surface area contributed by atoms with Gasteiger partial charge in [0.15, 0.2) is 0 Å². The van der Waals surface area contributed by atoms with Crippen LogP contribution in [0.1, 0.15) is 18.4 Å². The van der Waals surface area contributed by atoms with E-state index in [1.165, 1.54) is 25.9 Å². The van der Waals surface area contributed by atoms with E-state index in [9.17, 15) is 5.26 Å². The number of fused-ring (bicyclic) bond motifs is 3. The van der Waals surface area contributed by atoms with E-state index in [-0.39, 0.29) is 0 Å². The van der Waals surface area contributed by atoms with Gasteiger partial charge in [-0.05, 0) is 44.0 Å². The van der Waals surface area contributed by atoms with Gasteiger partial charge in [-0.3, -0.25) is 0 Å². The average molecular weight is 262 g/mol. The molecule has 2 bridgehead atoms. The van der Waals surface area contributed by atoms with Crippen LogP contribution in [0.4, 0.5) is 5.69 Å². The van der Waals surface area contributed by atoms with Gasteiger partial charge in [-0.2, -0.15) is 5.26 Å². The maximum absolute atomic E-state index is 9.18. The lowest BCUT2D eigenvalue weighted by atomic mass is 9.84. The number of hydrogen-bond donors (Lipinski definition) is 1. The molecular weight excluding hydrogens is 246 g/mol. The largest absolute Gasteiger partial charge is 0.380 e. The number of piperidine rings is 3. The van der Waals surface area contributed by atoms with Crippen LogP contribution in [0, 0.1) is 17.2 Å². The van der Waals surface area contributed by atoms with Crippen LogP contribution in [-0.4, -0.2) is 30.6 Å². The molecule has 0 aromatic heterocycles. The summed E-state index contributed by atoms with van der Waals surface area (Å²) in [6, 6.07) is 8.25. The van der Waals surface area contributed by atoms with Gasteiger partial charge in [-0.25, -0.2) is 0 Å². The second-order valence-electron chi connectivity index (χ2n) is 5.16. The SMILES string of the molecule is N#Cc1c(Cl)cccc1NC1CN2CCC1CC2. The van der Waals surface area contributed by atoms with Gasteiger partial charge in [0.25, 0.3) is 0 Å². The summed E-state index contributed by atoms with van der Waals surface area (Å²) in [6.07, 6.45) is 2.53. The van der Waals surface area contributed by atoms with Crippen LogP contribution in [0.5, 0.6) is 0 Å². The number of hydrogen-bond acceptors (Lipinski definition) is 3. The van der Waals surface area contributed by atoms with Crippen molar-refractivity contribution in [1.29, 1.82) is 5.26 Å². The summed E-state index contributed by atoms with van der Waals surface area (Å²) < 4.78 is 0. The highest BCUT2D eigenvalue weighted by Gasteiger charge is 2.34. The van der Waals surface area contributed by atoms with E-state index in [1.807, 2.05) is 12.1 Å². The van der Waals surface area contributed by atoms with Gasteiger partial charge in [0.05, 0.1) is 16.3 Å². The summed E-state index contributed by atoms with van der Waals surface area (Å²) in [7, 11) is 0. The van der Waals surface area contributed by atoms with Crippen molar-refractivity contribution in [1.82, 2.24) is 4.90 Å². The Balaban J connectivity index is 1.81. The summed E-state index contributed by atoms with van der Waals surface area (Å²) in [4.78, 5) is 2.49. The fourth-order valence-electron chi connectivity index (χ4n) is 3.09. The van der Waals surface area contributed by atoms with E-state index in [1.54, 1.807) is 6.07 Å². The molecule has 0 aliphatic carbocycles. The van der Waals surface area contributed by atoms with E-state index in [0.29, 0.717) is 16.6 Å². The fourth-order valence-corrected chi connectivity index (χ4v) is 3.30. The molecule has 3 fully saturated rings.